The molecule has 2 aliphatic heterocycles. The Kier molecular flexibility index (Phi) is 7.62. The van der Waals surface area contributed by atoms with Crippen LogP contribution in [-0.2, 0) is 14.8 Å². The number of hydrogen-bond acceptors (Lipinski definition) is 8. The van der Waals surface area contributed by atoms with Gasteiger partial charge in [0.2, 0.25) is 10.0 Å². The Morgan fingerprint density at radius 3 is 2.51 bits per heavy atom. The van der Waals surface area contributed by atoms with E-state index in [9.17, 15) is 27.8 Å². The molecule has 0 amide bonds. The number of amidine groups is 1. The van der Waals surface area contributed by atoms with Gasteiger partial charge in [0.15, 0.2) is 10.8 Å². The van der Waals surface area contributed by atoms with Crippen molar-refractivity contribution >= 4 is 44.8 Å². The first-order valence-corrected chi connectivity index (χ1v) is 15.5. The van der Waals surface area contributed by atoms with E-state index in [1.54, 1.807) is 25.4 Å². The number of carboxylic acids is 1. The van der Waals surface area contributed by atoms with Gasteiger partial charge in [-0.3, -0.25) is 4.99 Å². The number of piperidine rings is 1. The minimum atomic E-state index is -3.53. The molecule has 1 unspecified atom stereocenters. The van der Waals surface area contributed by atoms with E-state index in [-0.39, 0.29) is 35.5 Å². The predicted octanol–water partition coefficient (Wildman–Crippen LogP) is 3.96. The predicted molar refractivity (Wildman–Crippen MR) is 147 cm³/mol. The van der Waals surface area contributed by atoms with Gasteiger partial charge in [-0.05, 0) is 57.6 Å². The van der Waals surface area contributed by atoms with Gasteiger partial charge in [-0.2, -0.15) is 0 Å². The summed E-state index contributed by atoms with van der Waals surface area (Å²) in [5.41, 5.74) is -0.116. The number of aliphatic imine (C=N–C) groups is 1. The number of aliphatic hydroxyl groups is 1. The van der Waals surface area contributed by atoms with E-state index in [1.165, 1.54) is 27.8 Å². The van der Waals surface area contributed by atoms with Crippen LogP contribution in [0.15, 0.2) is 46.0 Å². The van der Waals surface area contributed by atoms with Gasteiger partial charge < -0.3 is 15.5 Å². The van der Waals surface area contributed by atoms with Gasteiger partial charge in [0.05, 0.1) is 16.4 Å². The summed E-state index contributed by atoms with van der Waals surface area (Å²) >= 11 is 7.68. The Balaban J connectivity index is 1.42. The number of allylic oxidation sites excluding steroid dienone is 1. The number of carboxylic acid groups (broad SMARTS) is 1. The van der Waals surface area contributed by atoms with Crippen LogP contribution in [0, 0.1) is 17.7 Å². The molecule has 1 aliphatic carbocycles. The van der Waals surface area contributed by atoms with Crippen molar-refractivity contribution in [2.45, 2.75) is 56.4 Å². The third-order valence-electron chi connectivity index (χ3n) is 7.93. The molecule has 1 aromatic heterocycles. The Morgan fingerprint density at radius 1 is 1.26 bits per heavy atom. The SMILES string of the molecule is CC(C)(O)C1CC(S(=O)(=O)N2CCC(C3=C(C(=O)O)C(c4ccc(F)cc4Cl)N=C(c4nccs4)N3)CC2)C1. The van der Waals surface area contributed by atoms with Crippen LogP contribution in [0.2, 0.25) is 5.02 Å². The van der Waals surface area contributed by atoms with Crippen molar-refractivity contribution in [2.24, 2.45) is 16.8 Å². The van der Waals surface area contributed by atoms with Gasteiger partial charge in [0.1, 0.15) is 11.9 Å². The molecule has 0 bridgehead atoms. The van der Waals surface area contributed by atoms with Gasteiger partial charge in [0.25, 0.3) is 0 Å². The van der Waals surface area contributed by atoms with E-state index in [0.717, 1.165) is 6.07 Å². The topological polar surface area (TPSA) is 132 Å². The number of aliphatic carboxylic acids is 1. The molecule has 1 atom stereocenters. The molecule has 0 radical (unpaired) electrons. The second-order valence-electron chi connectivity index (χ2n) is 10.8. The molecule has 9 nitrogen and oxygen atoms in total. The molecule has 0 spiro atoms. The first-order valence-electron chi connectivity index (χ1n) is 12.7. The smallest absolute Gasteiger partial charge is 0.335 e. The number of thiazole rings is 1. The average Bonchev–Trinajstić information content (AvgIpc) is 3.36. The van der Waals surface area contributed by atoms with Crippen LogP contribution in [0.25, 0.3) is 0 Å². The second-order valence-corrected chi connectivity index (χ2v) is 14.3. The molecule has 1 aromatic carbocycles. The van der Waals surface area contributed by atoms with Crippen molar-refractivity contribution in [3.63, 3.8) is 0 Å². The minimum Gasteiger partial charge on any atom is -0.478 e. The zero-order valence-electron chi connectivity index (χ0n) is 21.5. The fourth-order valence-electron chi connectivity index (χ4n) is 5.52. The number of hydrogen-bond donors (Lipinski definition) is 3. The van der Waals surface area contributed by atoms with Crippen molar-refractivity contribution in [3.05, 3.63) is 62.5 Å². The molecular weight excluding hydrogens is 567 g/mol. The lowest BCUT2D eigenvalue weighted by molar-refractivity contribution is -0.133. The first-order chi connectivity index (χ1) is 18.4. The highest BCUT2D eigenvalue weighted by atomic mass is 35.5. The summed E-state index contributed by atoms with van der Waals surface area (Å²) in [5, 5.41) is 25.6. The highest BCUT2D eigenvalue weighted by molar-refractivity contribution is 7.89. The Labute approximate surface area is 235 Å². The highest BCUT2D eigenvalue weighted by Gasteiger charge is 2.48. The zero-order valence-corrected chi connectivity index (χ0v) is 23.9. The molecule has 3 N–H and O–H groups in total. The van der Waals surface area contributed by atoms with E-state index >= 15 is 0 Å². The first kappa shape index (κ1) is 28.2. The van der Waals surface area contributed by atoms with Gasteiger partial charge in [-0.15, -0.1) is 11.3 Å². The molecule has 5 rings (SSSR count). The molecule has 3 aliphatic rings. The number of benzene rings is 1. The molecular formula is C26H30ClFN4O5S2. The lowest BCUT2D eigenvalue weighted by Crippen LogP contribution is -2.52. The number of halogens is 2. The highest BCUT2D eigenvalue weighted by Crippen LogP contribution is 2.43. The van der Waals surface area contributed by atoms with E-state index in [2.05, 4.69) is 15.3 Å². The van der Waals surface area contributed by atoms with Gasteiger partial charge in [0, 0.05) is 46.9 Å². The maximum absolute atomic E-state index is 13.8. The van der Waals surface area contributed by atoms with Crippen molar-refractivity contribution in [1.29, 1.82) is 0 Å². The Morgan fingerprint density at radius 2 is 1.95 bits per heavy atom. The fourth-order valence-corrected chi connectivity index (χ4v) is 8.47. The van der Waals surface area contributed by atoms with Crippen LogP contribution in [0.3, 0.4) is 0 Å². The van der Waals surface area contributed by atoms with E-state index in [0.29, 0.717) is 47.8 Å². The summed E-state index contributed by atoms with van der Waals surface area (Å²) in [6.45, 7) is 3.90. The summed E-state index contributed by atoms with van der Waals surface area (Å²) in [4.78, 5) is 21.6. The maximum Gasteiger partial charge on any atom is 0.335 e. The average molecular weight is 597 g/mol. The van der Waals surface area contributed by atoms with E-state index < -0.39 is 38.7 Å². The van der Waals surface area contributed by atoms with E-state index in [1.807, 2.05) is 0 Å². The van der Waals surface area contributed by atoms with Crippen LogP contribution in [0.1, 0.15) is 56.1 Å². The van der Waals surface area contributed by atoms with Crippen molar-refractivity contribution in [1.82, 2.24) is 14.6 Å². The van der Waals surface area contributed by atoms with Crippen LogP contribution in [0.5, 0.6) is 0 Å². The number of aromatic nitrogens is 1. The number of rotatable bonds is 7. The van der Waals surface area contributed by atoms with Gasteiger partial charge >= 0.3 is 5.97 Å². The minimum absolute atomic E-state index is 0.00265. The molecule has 2 aromatic rings. The fraction of sp³-hybridized carbons (Fsp3) is 0.500. The lowest BCUT2D eigenvalue weighted by Gasteiger charge is -2.44. The molecule has 210 valence electrons. The summed E-state index contributed by atoms with van der Waals surface area (Å²) in [7, 11) is -3.53. The standard InChI is InChI=1S/C26H30ClFN4O5S2/c1-26(2,35)15-11-17(12-15)39(36,37)32-8-5-14(6-9-32)21-20(25(33)34)22(18-4-3-16(28)13-19(18)27)31-23(30-21)24-29-7-10-38-24/h3-4,7,10,13-15,17,22,35H,5-6,8-9,11-12H2,1-2H3,(H,30,31)(H,33,34). The van der Waals surface area contributed by atoms with Crippen molar-refractivity contribution < 1.29 is 27.8 Å². The monoisotopic (exact) mass is 596 g/mol. The maximum atomic E-state index is 13.8. The third kappa shape index (κ3) is 5.49. The van der Waals surface area contributed by atoms with Gasteiger partial charge in [-0.1, -0.05) is 17.7 Å². The quantitative estimate of drug-likeness (QED) is 0.441. The molecule has 39 heavy (non-hydrogen) atoms. The summed E-state index contributed by atoms with van der Waals surface area (Å²) in [5.74, 6) is -1.68. The number of nitrogens with one attached hydrogen (secondary N) is 1. The van der Waals surface area contributed by atoms with Gasteiger partial charge in [-0.25, -0.2) is 26.9 Å². The number of sulfonamides is 1. The zero-order chi connectivity index (χ0) is 28.1. The summed E-state index contributed by atoms with van der Waals surface area (Å²) in [6, 6.07) is 2.78. The van der Waals surface area contributed by atoms with E-state index in [4.69, 9.17) is 11.6 Å². The lowest BCUT2D eigenvalue weighted by atomic mass is 9.74. The molecule has 3 heterocycles. The Bertz CT molecular complexity index is 1420. The Hall–Kier alpha value is -2.38. The van der Waals surface area contributed by atoms with Crippen LogP contribution < -0.4 is 5.32 Å². The molecule has 1 saturated heterocycles. The van der Waals surface area contributed by atoms with Crippen LogP contribution in [-0.4, -0.2) is 63.7 Å². The van der Waals surface area contributed by atoms with Crippen molar-refractivity contribution in [3.8, 4) is 0 Å². The van der Waals surface area contributed by atoms with Crippen molar-refractivity contribution in [2.75, 3.05) is 13.1 Å². The number of carbonyl (C=O) groups is 1. The second kappa shape index (κ2) is 10.5. The summed E-state index contributed by atoms with van der Waals surface area (Å²) in [6.07, 6.45) is 3.29. The number of nitrogens with zero attached hydrogens (tertiary/aromatic N) is 3. The van der Waals surface area contributed by atoms with Crippen LogP contribution in [0.4, 0.5) is 4.39 Å². The molecule has 2 fully saturated rings. The normalized spacial score (nSPS) is 25.2. The third-order valence-corrected chi connectivity index (χ3v) is 11.4. The molecule has 13 heteroatoms. The summed E-state index contributed by atoms with van der Waals surface area (Å²) < 4.78 is 41.8. The molecule has 1 saturated carbocycles. The van der Waals surface area contributed by atoms with Crippen LogP contribution >= 0.6 is 22.9 Å². The largest absolute Gasteiger partial charge is 0.478 e.